The Hall–Kier alpha value is -1.35. The second-order valence-corrected chi connectivity index (χ2v) is 7.15. The van der Waals surface area contributed by atoms with Gasteiger partial charge in [0.05, 0.1) is 5.92 Å². The quantitative estimate of drug-likeness (QED) is 0.917. The first-order valence-corrected chi connectivity index (χ1v) is 7.34. The Morgan fingerprint density at radius 1 is 1.25 bits per heavy atom. The van der Waals surface area contributed by atoms with E-state index in [9.17, 15) is 9.90 Å². The number of hydrogen-bond donors (Lipinski definition) is 1. The number of benzene rings is 1. The predicted molar refractivity (Wildman–Crippen MR) is 80.4 cm³/mol. The summed E-state index contributed by atoms with van der Waals surface area (Å²) >= 11 is 0. The van der Waals surface area contributed by atoms with Crippen molar-refractivity contribution < 1.29 is 9.90 Å². The van der Waals surface area contributed by atoms with E-state index in [1.165, 1.54) is 5.56 Å². The molecule has 1 aromatic rings. The molecule has 0 bridgehead atoms. The molecule has 1 aliphatic heterocycles. The van der Waals surface area contributed by atoms with Crippen LogP contribution in [0.4, 0.5) is 0 Å². The van der Waals surface area contributed by atoms with Gasteiger partial charge in [-0.1, -0.05) is 51.1 Å². The van der Waals surface area contributed by atoms with Gasteiger partial charge in [-0.25, -0.2) is 0 Å². The van der Waals surface area contributed by atoms with E-state index in [2.05, 4.69) is 37.8 Å². The summed E-state index contributed by atoms with van der Waals surface area (Å²) in [4.78, 5) is 13.8. The van der Waals surface area contributed by atoms with Gasteiger partial charge in [0.1, 0.15) is 0 Å². The van der Waals surface area contributed by atoms with Gasteiger partial charge in [-0.2, -0.15) is 0 Å². The number of carbonyl (C=O) groups is 1. The predicted octanol–water partition coefficient (Wildman–Crippen LogP) is 3.26. The van der Waals surface area contributed by atoms with Crippen molar-refractivity contribution in [3.8, 4) is 0 Å². The van der Waals surface area contributed by atoms with E-state index in [1.807, 2.05) is 18.2 Å². The highest BCUT2D eigenvalue weighted by Gasteiger charge is 2.39. The molecule has 2 rings (SSSR count). The molecule has 1 saturated heterocycles. The highest BCUT2D eigenvalue weighted by Crippen LogP contribution is 2.34. The fourth-order valence-corrected chi connectivity index (χ4v) is 3.20. The summed E-state index contributed by atoms with van der Waals surface area (Å²) in [6.07, 6.45) is 0.968. The highest BCUT2D eigenvalue weighted by atomic mass is 16.4. The summed E-state index contributed by atoms with van der Waals surface area (Å²) in [6, 6.07) is 10.3. The van der Waals surface area contributed by atoms with Crippen LogP contribution in [0.15, 0.2) is 30.3 Å². The lowest BCUT2D eigenvalue weighted by Gasteiger charge is -2.25. The van der Waals surface area contributed by atoms with Gasteiger partial charge < -0.3 is 5.11 Å². The molecule has 0 aliphatic carbocycles. The molecule has 0 radical (unpaired) electrons. The second kappa shape index (κ2) is 5.96. The number of aliphatic carboxylic acids is 1. The van der Waals surface area contributed by atoms with Crippen LogP contribution >= 0.6 is 0 Å². The minimum absolute atomic E-state index is 0.182. The van der Waals surface area contributed by atoms with Crippen molar-refractivity contribution in [2.24, 2.45) is 17.3 Å². The van der Waals surface area contributed by atoms with Crippen molar-refractivity contribution in [1.82, 2.24) is 4.90 Å². The van der Waals surface area contributed by atoms with Crippen LogP contribution in [0.2, 0.25) is 0 Å². The standard InChI is InChI=1S/C17H25NO2/c1-17(2,3)9-14-11-18(12-15(14)16(19)20)10-13-7-5-4-6-8-13/h4-8,14-15H,9-12H2,1-3H3,(H,19,20). The Labute approximate surface area is 121 Å². The van der Waals surface area contributed by atoms with Gasteiger partial charge in [-0.3, -0.25) is 9.69 Å². The maximum absolute atomic E-state index is 11.5. The summed E-state index contributed by atoms with van der Waals surface area (Å²) in [5.74, 6) is -0.607. The maximum atomic E-state index is 11.5. The molecular weight excluding hydrogens is 250 g/mol. The Bertz CT molecular complexity index is 450. The number of rotatable bonds is 4. The summed E-state index contributed by atoms with van der Waals surface area (Å²) in [7, 11) is 0. The number of carboxylic acids is 1. The first-order valence-electron chi connectivity index (χ1n) is 7.34. The van der Waals surface area contributed by atoms with Crippen LogP contribution in [0.1, 0.15) is 32.8 Å². The third kappa shape index (κ3) is 4.07. The molecule has 2 unspecified atom stereocenters. The van der Waals surface area contributed by atoms with Crippen LogP contribution in [-0.2, 0) is 11.3 Å². The minimum atomic E-state index is -0.644. The Morgan fingerprint density at radius 2 is 1.90 bits per heavy atom. The fraction of sp³-hybridized carbons (Fsp3) is 0.588. The summed E-state index contributed by atoms with van der Waals surface area (Å²) in [6.45, 7) is 8.97. The lowest BCUT2D eigenvalue weighted by Crippen LogP contribution is -2.25. The molecule has 1 aromatic carbocycles. The van der Waals surface area contributed by atoms with Crippen molar-refractivity contribution in [3.05, 3.63) is 35.9 Å². The zero-order chi connectivity index (χ0) is 14.8. The molecule has 0 saturated carbocycles. The van der Waals surface area contributed by atoms with E-state index in [4.69, 9.17) is 0 Å². The topological polar surface area (TPSA) is 40.5 Å². The first kappa shape index (κ1) is 15.0. The molecule has 1 fully saturated rings. The molecule has 1 N–H and O–H groups in total. The summed E-state index contributed by atoms with van der Waals surface area (Å²) in [5, 5.41) is 9.44. The molecule has 1 heterocycles. The van der Waals surface area contributed by atoms with Crippen molar-refractivity contribution in [3.63, 3.8) is 0 Å². The molecular formula is C17H25NO2. The third-order valence-electron chi connectivity index (χ3n) is 3.96. The molecule has 0 spiro atoms. The van der Waals surface area contributed by atoms with Gasteiger partial charge >= 0.3 is 5.97 Å². The van der Waals surface area contributed by atoms with Gasteiger partial charge in [-0.05, 0) is 23.3 Å². The minimum Gasteiger partial charge on any atom is -0.481 e. The van der Waals surface area contributed by atoms with Crippen LogP contribution in [-0.4, -0.2) is 29.1 Å². The molecule has 0 amide bonds. The van der Waals surface area contributed by atoms with Crippen LogP contribution in [0.3, 0.4) is 0 Å². The Balaban J connectivity index is 2.02. The maximum Gasteiger partial charge on any atom is 0.308 e. The molecule has 110 valence electrons. The lowest BCUT2D eigenvalue weighted by atomic mass is 9.80. The average molecular weight is 275 g/mol. The van der Waals surface area contributed by atoms with Crippen molar-refractivity contribution in [2.45, 2.75) is 33.7 Å². The fourth-order valence-electron chi connectivity index (χ4n) is 3.20. The van der Waals surface area contributed by atoms with Crippen LogP contribution < -0.4 is 0 Å². The largest absolute Gasteiger partial charge is 0.481 e. The van der Waals surface area contributed by atoms with Crippen molar-refractivity contribution in [2.75, 3.05) is 13.1 Å². The molecule has 3 heteroatoms. The van der Waals surface area contributed by atoms with Gasteiger partial charge in [0, 0.05) is 19.6 Å². The Kier molecular flexibility index (Phi) is 4.48. The van der Waals surface area contributed by atoms with Gasteiger partial charge in [0.15, 0.2) is 0 Å². The summed E-state index contributed by atoms with van der Waals surface area (Å²) in [5.41, 5.74) is 1.44. The molecule has 20 heavy (non-hydrogen) atoms. The van der Waals surface area contributed by atoms with Gasteiger partial charge in [-0.15, -0.1) is 0 Å². The smallest absolute Gasteiger partial charge is 0.308 e. The highest BCUT2D eigenvalue weighted by molar-refractivity contribution is 5.71. The van der Waals surface area contributed by atoms with E-state index >= 15 is 0 Å². The second-order valence-electron chi connectivity index (χ2n) is 7.15. The number of likely N-dealkylation sites (tertiary alicyclic amines) is 1. The Morgan fingerprint density at radius 3 is 2.45 bits per heavy atom. The molecule has 1 aliphatic rings. The van der Waals surface area contributed by atoms with Crippen LogP contribution in [0.5, 0.6) is 0 Å². The average Bonchev–Trinajstić information content (AvgIpc) is 2.71. The monoisotopic (exact) mass is 275 g/mol. The van der Waals surface area contributed by atoms with E-state index in [0.717, 1.165) is 19.5 Å². The van der Waals surface area contributed by atoms with Gasteiger partial charge in [0.2, 0.25) is 0 Å². The van der Waals surface area contributed by atoms with E-state index in [0.29, 0.717) is 6.54 Å². The molecule has 2 atom stereocenters. The number of nitrogens with zero attached hydrogens (tertiary/aromatic N) is 1. The van der Waals surface area contributed by atoms with Crippen molar-refractivity contribution in [1.29, 1.82) is 0 Å². The van der Waals surface area contributed by atoms with Crippen LogP contribution in [0, 0.1) is 17.3 Å². The van der Waals surface area contributed by atoms with Crippen LogP contribution in [0.25, 0.3) is 0 Å². The zero-order valence-corrected chi connectivity index (χ0v) is 12.7. The van der Waals surface area contributed by atoms with E-state index in [1.54, 1.807) is 0 Å². The lowest BCUT2D eigenvalue weighted by molar-refractivity contribution is -0.142. The molecule has 3 nitrogen and oxygen atoms in total. The first-order chi connectivity index (χ1) is 9.35. The SMILES string of the molecule is CC(C)(C)CC1CN(Cc2ccccc2)CC1C(=O)O. The number of hydrogen-bond acceptors (Lipinski definition) is 2. The van der Waals surface area contributed by atoms with Crippen molar-refractivity contribution >= 4 is 5.97 Å². The normalized spacial score (nSPS) is 23.9. The van der Waals surface area contributed by atoms with E-state index < -0.39 is 5.97 Å². The molecule has 0 aromatic heterocycles. The third-order valence-corrected chi connectivity index (χ3v) is 3.96. The number of carboxylic acid groups (broad SMARTS) is 1. The van der Waals surface area contributed by atoms with Gasteiger partial charge in [0.25, 0.3) is 0 Å². The summed E-state index contributed by atoms with van der Waals surface area (Å²) < 4.78 is 0. The van der Waals surface area contributed by atoms with E-state index in [-0.39, 0.29) is 17.3 Å². The zero-order valence-electron chi connectivity index (χ0n) is 12.7.